The van der Waals surface area contributed by atoms with Crippen LogP contribution < -0.4 is 27.4 Å². The summed E-state index contributed by atoms with van der Waals surface area (Å²) in [6, 6.07) is -3.45. The Morgan fingerprint density at radius 2 is 1.70 bits per heavy atom. The van der Waals surface area contributed by atoms with Crippen LogP contribution in [0, 0.1) is 5.92 Å². The summed E-state index contributed by atoms with van der Waals surface area (Å²) in [5.74, 6) is -4.56. The lowest BCUT2D eigenvalue weighted by molar-refractivity contribution is -0.144. The second kappa shape index (κ2) is 12.1. The number of carbonyl (C=O) groups is 5. The van der Waals surface area contributed by atoms with Gasteiger partial charge in [-0.15, -0.1) is 0 Å². The standard InChI is InChI=1S/C15H27N5O6S/c1-3-7(2)12(14(24)19-9(15(25)26)4-10(17)21)20-11(22)5-18-13(23)8(16)6-27/h7-9,12,27H,3-6,16H2,1-2H3,(H2,17,21)(H,18,23)(H,19,24)(H,20,22)(H,25,26). The third kappa shape index (κ3) is 9.24. The van der Waals surface area contributed by atoms with Crippen LogP contribution in [0.2, 0.25) is 0 Å². The van der Waals surface area contributed by atoms with Crippen LogP contribution in [0.3, 0.4) is 0 Å². The highest BCUT2D eigenvalue weighted by molar-refractivity contribution is 7.80. The lowest BCUT2D eigenvalue weighted by Gasteiger charge is -2.25. The van der Waals surface area contributed by atoms with Gasteiger partial charge in [0.1, 0.15) is 12.1 Å². The number of nitrogens with two attached hydrogens (primary N) is 2. The van der Waals surface area contributed by atoms with Gasteiger partial charge in [0.25, 0.3) is 0 Å². The molecule has 0 aliphatic rings. The first-order chi connectivity index (χ1) is 12.5. The van der Waals surface area contributed by atoms with Crippen molar-refractivity contribution in [3.8, 4) is 0 Å². The minimum Gasteiger partial charge on any atom is -0.480 e. The van der Waals surface area contributed by atoms with Crippen LogP contribution in [0.15, 0.2) is 0 Å². The Balaban J connectivity index is 4.98. The number of carbonyl (C=O) groups excluding carboxylic acids is 4. The Morgan fingerprint density at radius 3 is 2.15 bits per heavy atom. The molecule has 0 rings (SSSR count). The number of thiol groups is 1. The zero-order valence-electron chi connectivity index (χ0n) is 15.2. The zero-order chi connectivity index (χ0) is 21.1. The Morgan fingerprint density at radius 1 is 1.11 bits per heavy atom. The molecule has 27 heavy (non-hydrogen) atoms. The number of aliphatic carboxylic acids is 1. The van der Waals surface area contributed by atoms with E-state index in [1.54, 1.807) is 13.8 Å². The Labute approximate surface area is 162 Å². The second-order valence-electron chi connectivity index (χ2n) is 6.01. The molecule has 11 nitrogen and oxygen atoms in total. The number of hydrogen-bond donors (Lipinski definition) is 7. The van der Waals surface area contributed by atoms with E-state index in [0.717, 1.165) is 0 Å². The zero-order valence-corrected chi connectivity index (χ0v) is 16.1. The maximum absolute atomic E-state index is 12.4. The maximum Gasteiger partial charge on any atom is 0.326 e. The van der Waals surface area contributed by atoms with Gasteiger partial charge in [0.15, 0.2) is 0 Å². The van der Waals surface area contributed by atoms with Crippen molar-refractivity contribution in [3.63, 3.8) is 0 Å². The lowest BCUT2D eigenvalue weighted by atomic mass is 9.97. The number of primary amides is 1. The van der Waals surface area contributed by atoms with Crippen molar-refractivity contribution in [1.82, 2.24) is 16.0 Å². The molecule has 0 spiro atoms. The topological polar surface area (TPSA) is 194 Å². The largest absolute Gasteiger partial charge is 0.480 e. The highest BCUT2D eigenvalue weighted by Crippen LogP contribution is 2.09. The molecular weight excluding hydrogens is 378 g/mol. The smallest absolute Gasteiger partial charge is 0.326 e. The van der Waals surface area contributed by atoms with E-state index < -0.39 is 60.7 Å². The van der Waals surface area contributed by atoms with Crippen LogP contribution in [0.1, 0.15) is 26.7 Å². The van der Waals surface area contributed by atoms with E-state index in [9.17, 15) is 24.0 Å². The van der Waals surface area contributed by atoms with Crippen LogP contribution >= 0.6 is 12.6 Å². The summed E-state index contributed by atoms with van der Waals surface area (Å²) >= 11 is 3.87. The molecule has 0 aromatic carbocycles. The number of carboxylic acid groups (broad SMARTS) is 1. The molecule has 0 aromatic heterocycles. The van der Waals surface area contributed by atoms with Crippen LogP contribution in [0.25, 0.3) is 0 Å². The number of amides is 4. The fourth-order valence-electron chi connectivity index (χ4n) is 1.97. The monoisotopic (exact) mass is 405 g/mol. The van der Waals surface area contributed by atoms with Crippen molar-refractivity contribution < 1.29 is 29.1 Å². The summed E-state index contributed by atoms with van der Waals surface area (Å²) < 4.78 is 0. The van der Waals surface area contributed by atoms with Crippen molar-refractivity contribution in [2.45, 2.75) is 44.8 Å². The van der Waals surface area contributed by atoms with Crippen LogP contribution in [-0.4, -0.2) is 65.1 Å². The van der Waals surface area contributed by atoms with Gasteiger partial charge in [0, 0.05) is 5.75 Å². The number of rotatable bonds is 12. The normalized spacial score (nSPS) is 15.0. The maximum atomic E-state index is 12.4. The summed E-state index contributed by atoms with van der Waals surface area (Å²) in [5, 5.41) is 16.0. The molecule has 0 aliphatic heterocycles. The lowest BCUT2D eigenvalue weighted by Crippen LogP contribution is -2.56. The summed E-state index contributed by atoms with van der Waals surface area (Å²) in [7, 11) is 0. The van der Waals surface area contributed by atoms with E-state index >= 15 is 0 Å². The molecule has 4 amide bonds. The fourth-order valence-corrected chi connectivity index (χ4v) is 2.14. The molecule has 8 N–H and O–H groups in total. The van der Waals surface area contributed by atoms with E-state index in [2.05, 4.69) is 28.6 Å². The first-order valence-electron chi connectivity index (χ1n) is 8.28. The first-order valence-corrected chi connectivity index (χ1v) is 8.91. The highest BCUT2D eigenvalue weighted by Gasteiger charge is 2.30. The minimum atomic E-state index is -1.51. The average molecular weight is 405 g/mol. The molecule has 0 aromatic rings. The van der Waals surface area contributed by atoms with Crippen molar-refractivity contribution in [1.29, 1.82) is 0 Å². The fraction of sp³-hybridized carbons (Fsp3) is 0.667. The van der Waals surface area contributed by atoms with Gasteiger partial charge in [0.05, 0.1) is 19.0 Å². The van der Waals surface area contributed by atoms with Crippen LogP contribution in [0.4, 0.5) is 0 Å². The number of carboxylic acids is 1. The molecule has 4 unspecified atom stereocenters. The third-order valence-electron chi connectivity index (χ3n) is 3.79. The van der Waals surface area contributed by atoms with Crippen molar-refractivity contribution >= 4 is 42.2 Å². The molecule has 0 radical (unpaired) electrons. The van der Waals surface area contributed by atoms with Crippen LogP contribution in [0.5, 0.6) is 0 Å². The Kier molecular flexibility index (Phi) is 11.1. The van der Waals surface area contributed by atoms with Crippen molar-refractivity contribution in [3.05, 3.63) is 0 Å². The molecule has 0 fully saturated rings. The summed E-state index contributed by atoms with van der Waals surface area (Å²) in [5.41, 5.74) is 10.4. The molecule has 0 bridgehead atoms. The summed E-state index contributed by atoms with van der Waals surface area (Å²) in [6.45, 7) is 3.05. The third-order valence-corrected chi connectivity index (χ3v) is 4.18. The molecule has 0 saturated heterocycles. The average Bonchev–Trinajstić information content (AvgIpc) is 2.61. The molecule has 0 saturated carbocycles. The second-order valence-corrected chi connectivity index (χ2v) is 6.37. The highest BCUT2D eigenvalue weighted by atomic mass is 32.1. The molecule has 0 heterocycles. The van der Waals surface area contributed by atoms with Crippen molar-refractivity contribution in [2.24, 2.45) is 17.4 Å². The molecule has 0 aliphatic carbocycles. The van der Waals surface area contributed by atoms with E-state index in [0.29, 0.717) is 6.42 Å². The van der Waals surface area contributed by atoms with Gasteiger partial charge < -0.3 is 32.5 Å². The van der Waals surface area contributed by atoms with E-state index in [1.807, 2.05) is 0 Å². The van der Waals surface area contributed by atoms with E-state index in [1.165, 1.54) is 0 Å². The quantitative estimate of drug-likeness (QED) is 0.172. The Bertz CT molecular complexity index is 573. The summed E-state index contributed by atoms with van der Waals surface area (Å²) in [6.07, 6.45) is -0.0806. The van der Waals surface area contributed by atoms with Gasteiger partial charge >= 0.3 is 5.97 Å². The van der Waals surface area contributed by atoms with Crippen LogP contribution in [-0.2, 0) is 24.0 Å². The number of hydrogen-bond acceptors (Lipinski definition) is 7. The van der Waals surface area contributed by atoms with Crippen molar-refractivity contribution in [2.75, 3.05) is 12.3 Å². The van der Waals surface area contributed by atoms with Gasteiger partial charge in [-0.05, 0) is 5.92 Å². The van der Waals surface area contributed by atoms with Gasteiger partial charge in [-0.2, -0.15) is 12.6 Å². The molecule has 4 atom stereocenters. The number of nitrogens with one attached hydrogen (secondary N) is 3. The van der Waals surface area contributed by atoms with Gasteiger partial charge in [-0.1, -0.05) is 20.3 Å². The van der Waals surface area contributed by atoms with Gasteiger partial charge in [-0.25, -0.2) is 4.79 Å². The van der Waals surface area contributed by atoms with E-state index in [4.69, 9.17) is 16.6 Å². The van der Waals surface area contributed by atoms with Gasteiger partial charge in [0.2, 0.25) is 23.6 Å². The molecule has 154 valence electrons. The Hall–Kier alpha value is -2.34. The summed E-state index contributed by atoms with van der Waals surface area (Å²) in [4.78, 5) is 58.1. The first kappa shape index (κ1) is 24.7. The van der Waals surface area contributed by atoms with Gasteiger partial charge in [-0.3, -0.25) is 19.2 Å². The molecule has 12 heteroatoms. The predicted molar refractivity (Wildman–Crippen MR) is 99.6 cm³/mol. The minimum absolute atomic E-state index is 0.0990. The SMILES string of the molecule is CCC(C)C(NC(=O)CNC(=O)C(N)CS)C(=O)NC(CC(N)=O)C(=O)O. The van der Waals surface area contributed by atoms with E-state index in [-0.39, 0.29) is 11.7 Å². The predicted octanol–water partition coefficient (Wildman–Crippen LogP) is -2.66. The molecular formula is C15H27N5O6S.